The van der Waals surface area contributed by atoms with Crippen LogP contribution in [-0.4, -0.2) is 24.0 Å². The Kier molecular flexibility index (Phi) is 8.41. The molecule has 0 radical (unpaired) electrons. The maximum Gasteiger partial charge on any atom is 0.266 e. The third-order valence-electron chi connectivity index (χ3n) is 11.4. The smallest absolute Gasteiger partial charge is 0.266 e. The van der Waals surface area contributed by atoms with Crippen molar-refractivity contribution in [2.24, 2.45) is 0 Å². The lowest BCUT2D eigenvalue weighted by molar-refractivity contribution is 0.0891. The molecule has 270 valence electrons. The maximum absolute atomic E-state index is 14.6. The topological polar surface area (TPSA) is 83.6 Å². The number of benzene rings is 7. The molecule has 0 atom stereocenters. The first-order valence-electron chi connectivity index (χ1n) is 19.0. The van der Waals surface area contributed by atoms with Gasteiger partial charge in [-0.2, -0.15) is 0 Å². The van der Waals surface area contributed by atoms with E-state index in [1.54, 1.807) is 12.1 Å². The largest absolute Gasteiger partial charge is 0.321 e. The third kappa shape index (κ3) is 5.07. The average Bonchev–Trinajstić information content (AvgIpc) is 3.15. The minimum atomic E-state index is -0.340. The quantitative estimate of drug-likeness (QED) is 0.0736. The second-order valence-electron chi connectivity index (χ2n) is 15.9. The SMILES string of the molecule is CC(C)c1cccc(C(C)C)c1NC(=O)c1ccc2c3ccc4c5c(ccc(c6ccc(C=O)c1c62)c53)C(=O)N(c1c(C(C)C)cccc1C(C)C)C4=O. The molecule has 0 bridgehead atoms. The van der Waals surface area contributed by atoms with Crippen LogP contribution in [0.5, 0.6) is 0 Å². The standard InChI is InChI=1S/C48H44N2O4/c1-24(2)29-11-9-12-30(25(3)4)44(29)49-46(52)37-20-17-34-36-19-22-39-43-38(21-18-35(42(36)43)33-16-15-28(23-51)40(37)41(33)34)47(53)50(48(39)54)45-31(26(5)6)13-10-14-32(45)27(7)8/h9-27H,1-8H3,(H,49,52). The molecule has 54 heavy (non-hydrogen) atoms. The van der Waals surface area contributed by atoms with Crippen molar-refractivity contribution in [3.8, 4) is 0 Å². The Hall–Kier alpha value is -5.88. The number of imide groups is 1. The van der Waals surface area contributed by atoms with E-state index in [0.29, 0.717) is 38.7 Å². The van der Waals surface area contributed by atoms with E-state index in [0.717, 1.165) is 66.5 Å². The van der Waals surface area contributed by atoms with Crippen LogP contribution >= 0.6 is 0 Å². The van der Waals surface area contributed by atoms with Crippen molar-refractivity contribution in [3.63, 3.8) is 0 Å². The molecule has 1 aliphatic heterocycles. The number of aldehydes is 1. The lowest BCUT2D eigenvalue weighted by atomic mass is 9.82. The molecular weight excluding hydrogens is 669 g/mol. The monoisotopic (exact) mass is 712 g/mol. The van der Waals surface area contributed by atoms with E-state index in [-0.39, 0.29) is 41.4 Å². The van der Waals surface area contributed by atoms with Crippen LogP contribution in [0.25, 0.3) is 43.1 Å². The van der Waals surface area contributed by atoms with Crippen molar-refractivity contribution < 1.29 is 19.2 Å². The fraction of sp³-hybridized carbons (Fsp3) is 0.250. The van der Waals surface area contributed by atoms with Gasteiger partial charge in [0, 0.05) is 38.7 Å². The molecule has 0 unspecified atom stereocenters. The first-order valence-corrected chi connectivity index (χ1v) is 19.0. The van der Waals surface area contributed by atoms with E-state index in [1.807, 2.05) is 60.7 Å². The highest BCUT2D eigenvalue weighted by Crippen LogP contribution is 2.47. The number of hydrogen-bond donors (Lipinski definition) is 1. The van der Waals surface area contributed by atoms with Crippen LogP contribution in [0.3, 0.4) is 0 Å². The molecule has 3 amide bonds. The fourth-order valence-corrected chi connectivity index (χ4v) is 8.74. The number of nitrogens with zero attached hydrogens (tertiary/aromatic N) is 1. The first kappa shape index (κ1) is 35.2. The zero-order valence-corrected chi connectivity index (χ0v) is 32.0. The second kappa shape index (κ2) is 12.9. The van der Waals surface area contributed by atoms with E-state index in [1.165, 1.54) is 4.90 Å². The molecule has 0 spiro atoms. The van der Waals surface area contributed by atoms with Crippen LogP contribution < -0.4 is 10.2 Å². The zero-order valence-electron chi connectivity index (χ0n) is 32.0. The molecule has 1 aliphatic rings. The van der Waals surface area contributed by atoms with Gasteiger partial charge in [-0.25, -0.2) is 4.90 Å². The molecule has 6 heteroatoms. The van der Waals surface area contributed by atoms with Gasteiger partial charge in [0.1, 0.15) is 0 Å². The van der Waals surface area contributed by atoms with Gasteiger partial charge >= 0.3 is 0 Å². The van der Waals surface area contributed by atoms with Gasteiger partial charge in [-0.3, -0.25) is 19.2 Å². The predicted octanol–water partition coefficient (Wildman–Crippen LogP) is 12.1. The van der Waals surface area contributed by atoms with Gasteiger partial charge in [-0.15, -0.1) is 0 Å². The van der Waals surface area contributed by atoms with E-state index >= 15 is 0 Å². The Bertz CT molecular complexity index is 2550. The van der Waals surface area contributed by atoms with Gasteiger partial charge in [-0.1, -0.05) is 122 Å². The number of hydrogen-bond acceptors (Lipinski definition) is 4. The van der Waals surface area contributed by atoms with Crippen LogP contribution in [0.2, 0.25) is 0 Å². The second-order valence-corrected chi connectivity index (χ2v) is 15.9. The highest BCUT2D eigenvalue weighted by atomic mass is 16.2. The number of carbonyl (C=O) groups is 4. The number of rotatable bonds is 8. The van der Waals surface area contributed by atoms with Crippen LogP contribution in [0.15, 0.2) is 84.9 Å². The summed E-state index contributed by atoms with van der Waals surface area (Å²) >= 11 is 0. The van der Waals surface area contributed by atoms with Crippen LogP contribution in [0.4, 0.5) is 11.4 Å². The van der Waals surface area contributed by atoms with Crippen molar-refractivity contribution in [1.29, 1.82) is 0 Å². The van der Waals surface area contributed by atoms with Crippen molar-refractivity contribution in [2.45, 2.75) is 79.1 Å². The molecule has 7 aromatic carbocycles. The molecule has 1 N–H and O–H groups in total. The van der Waals surface area contributed by atoms with Gasteiger partial charge in [0.25, 0.3) is 17.7 Å². The average molecular weight is 713 g/mol. The molecule has 0 saturated carbocycles. The molecule has 8 rings (SSSR count). The number of nitrogens with one attached hydrogen (secondary N) is 1. The Labute approximate surface area is 315 Å². The zero-order chi connectivity index (χ0) is 38.3. The maximum atomic E-state index is 14.6. The van der Waals surface area contributed by atoms with Gasteiger partial charge in [0.05, 0.1) is 5.69 Å². The summed E-state index contributed by atoms with van der Waals surface area (Å²) in [6, 6.07) is 27.1. The highest BCUT2D eigenvalue weighted by Gasteiger charge is 2.38. The Morgan fingerprint density at radius 1 is 0.537 bits per heavy atom. The molecule has 6 nitrogen and oxygen atoms in total. The Morgan fingerprint density at radius 3 is 1.43 bits per heavy atom. The normalized spacial score (nSPS) is 13.3. The summed E-state index contributed by atoms with van der Waals surface area (Å²) in [4.78, 5) is 57.7. The lowest BCUT2D eigenvalue weighted by Gasteiger charge is -2.32. The minimum absolute atomic E-state index is 0.0958. The van der Waals surface area contributed by atoms with Crippen molar-refractivity contribution in [3.05, 3.63) is 129 Å². The van der Waals surface area contributed by atoms with Crippen molar-refractivity contribution in [1.82, 2.24) is 0 Å². The molecular formula is C48H44N2O4. The van der Waals surface area contributed by atoms with Gasteiger partial charge in [0.2, 0.25) is 0 Å². The molecule has 0 saturated heterocycles. The molecule has 0 aromatic heterocycles. The van der Waals surface area contributed by atoms with Crippen LogP contribution in [-0.2, 0) is 0 Å². The Balaban J connectivity index is 1.36. The van der Waals surface area contributed by atoms with Gasteiger partial charge in [0.15, 0.2) is 6.29 Å². The number of fused-ring (bicyclic) bond motifs is 2. The van der Waals surface area contributed by atoms with E-state index in [4.69, 9.17) is 0 Å². The minimum Gasteiger partial charge on any atom is -0.321 e. The number of amides is 3. The molecule has 7 aromatic rings. The van der Waals surface area contributed by atoms with Gasteiger partial charge in [-0.05, 0) is 96.4 Å². The molecule has 1 heterocycles. The van der Waals surface area contributed by atoms with Crippen LogP contribution in [0.1, 0.15) is 143 Å². The van der Waals surface area contributed by atoms with Crippen molar-refractivity contribution in [2.75, 3.05) is 10.2 Å². The van der Waals surface area contributed by atoms with E-state index < -0.39 is 0 Å². The van der Waals surface area contributed by atoms with E-state index in [2.05, 4.69) is 72.8 Å². The molecule has 0 aliphatic carbocycles. The number of anilines is 2. The summed E-state index contributed by atoms with van der Waals surface area (Å²) < 4.78 is 0. The highest BCUT2D eigenvalue weighted by molar-refractivity contribution is 6.43. The third-order valence-corrected chi connectivity index (χ3v) is 11.4. The summed E-state index contributed by atoms with van der Waals surface area (Å²) in [5.41, 5.74) is 7.28. The fourth-order valence-electron chi connectivity index (χ4n) is 8.74. The summed E-state index contributed by atoms with van der Waals surface area (Å²) in [5, 5.41) is 9.49. The Morgan fingerprint density at radius 2 is 0.963 bits per heavy atom. The van der Waals surface area contributed by atoms with Crippen LogP contribution in [0, 0.1) is 0 Å². The summed E-state index contributed by atoms with van der Waals surface area (Å²) in [6.45, 7) is 16.8. The van der Waals surface area contributed by atoms with Crippen molar-refractivity contribution >= 4 is 78.5 Å². The molecule has 0 fully saturated rings. The number of carbonyl (C=O) groups excluding carboxylic acids is 4. The predicted molar refractivity (Wildman–Crippen MR) is 221 cm³/mol. The summed E-state index contributed by atoms with van der Waals surface area (Å²) in [5.74, 6) is -0.399. The summed E-state index contributed by atoms with van der Waals surface area (Å²) in [7, 11) is 0. The lowest BCUT2D eigenvalue weighted by Crippen LogP contribution is -2.41. The number of para-hydroxylation sites is 2. The van der Waals surface area contributed by atoms with Gasteiger partial charge < -0.3 is 5.32 Å². The van der Waals surface area contributed by atoms with E-state index in [9.17, 15) is 19.2 Å². The first-order chi connectivity index (χ1) is 25.8. The summed E-state index contributed by atoms with van der Waals surface area (Å²) in [6.07, 6.45) is 0.809.